The maximum absolute atomic E-state index is 12.1. The van der Waals surface area contributed by atoms with E-state index in [1.54, 1.807) is 18.9 Å². The zero-order valence-corrected chi connectivity index (χ0v) is 19.1. The maximum Gasteiger partial charge on any atom is 0.409 e. The van der Waals surface area contributed by atoms with Crippen LogP contribution in [0.15, 0.2) is 54.6 Å². The van der Waals surface area contributed by atoms with E-state index in [2.05, 4.69) is 22.6 Å². The lowest BCUT2D eigenvalue weighted by atomic mass is 9.78. The fraction of sp³-hybridized carbons (Fsp3) is 0.391. The minimum Gasteiger partial charge on any atom is -0.481 e. The van der Waals surface area contributed by atoms with Crippen molar-refractivity contribution < 1.29 is 19.4 Å². The molecule has 0 aliphatic carbocycles. The molecule has 0 aromatic heterocycles. The first-order chi connectivity index (χ1) is 13.8. The standard InChI is InChI=1S/C23H28INO4/c1-23(21(26)27,19-12-9-13-20(24)16-19)14-7-4-8-15-25(2)22(28)29-17-18-10-5-3-6-11-18/h3,5-6,9-13,16H,4,7-8,14-15,17H2,1-2H3,(H,26,27). The normalized spacial score (nSPS) is 12.8. The van der Waals surface area contributed by atoms with Crippen LogP contribution in [-0.4, -0.2) is 35.7 Å². The Bertz CT molecular complexity index is 812. The minimum absolute atomic E-state index is 0.261. The fourth-order valence-corrected chi connectivity index (χ4v) is 3.67. The van der Waals surface area contributed by atoms with Gasteiger partial charge in [-0.3, -0.25) is 4.79 Å². The van der Waals surface area contributed by atoms with Gasteiger partial charge >= 0.3 is 12.1 Å². The van der Waals surface area contributed by atoms with Gasteiger partial charge in [-0.05, 0) is 65.6 Å². The monoisotopic (exact) mass is 509 g/mol. The zero-order valence-electron chi connectivity index (χ0n) is 16.9. The van der Waals surface area contributed by atoms with Gasteiger partial charge in [0.05, 0.1) is 5.41 Å². The quantitative estimate of drug-likeness (QED) is 0.341. The van der Waals surface area contributed by atoms with Crippen LogP contribution in [0.1, 0.15) is 43.7 Å². The van der Waals surface area contributed by atoms with Gasteiger partial charge in [-0.1, -0.05) is 55.3 Å². The molecule has 29 heavy (non-hydrogen) atoms. The highest BCUT2D eigenvalue weighted by atomic mass is 127. The van der Waals surface area contributed by atoms with Crippen molar-refractivity contribution in [1.29, 1.82) is 0 Å². The van der Waals surface area contributed by atoms with Gasteiger partial charge in [-0.25, -0.2) is 4.79 Å². The number of carbonyl (C=O) groups is 2. The molecule has 0 saturated heterocycles. The summed E-state index contributed by atoms with van der Waals surface area (Å²) in [4.78, 5) is 25.6. The third-order valence-corrected chi connectivity index (χ3v) is 5.79. The van der Waals surface area contributed by atoms with E-state index in [0.717, 1.165) is 34.0 Å². The SMILES string of the molecule is CN(CCCCCC(C)(C(=O)O)c1cccc(I)c1)C(=O)OCc1ccccc1. The molecule has 2 aromatic carbocycles. The van der Waals surface area contributed by atoms with E-state index in [0.29, 0.717) is 13.0 Å². The number of hydrogen-bond donors (Lipinski definition) is 1. The van der Waals surface area contributed by atoms with Crippen LogP contribution < -0.4 is 0 Å². The smallest absolute Gasteiger partial charge is 0.409 e. The summed E-state index contributed by atoms with van der Waals surface area (Å²) in [6.07, 6.45) is 2.65. The first kappa shape index (κ1) is 23.2. The number of nitrogens with zero attached hydrogens (tertiary/aromatic N) is 1. The van der Waals surface area contributed by atoms with Crippen molar-refractivity contribution in [2.24, 2.45) is 0 Å². The number of carboxylic acids is 1. The van der Waals surface area contributed by atoms with Crippen molar-refractivity contribution in [3.05, 3.63) is 69.3 Å². The first-order valence-corrected chi connectivity index (χ1v) is 10.8. The molecular weight excluding hydrogens is 481 g/mol. The molecule has 0 aliphatic heterocycles. The summed E-state index contributed by atoms with van der Waals surface area (Å²) < 4.78 is 6.34. The number of halogens is 1. The number of benzene rings is 2. The van der Waals surface area contributed by atoms with Crippen LogP contribution in [0.25, 0.3) is 0 Å². The third-order valence-electron chi connectivity index (χ3n) is 5.12. The van der Waals surface area contributed by atoms with Crippen LogP contribution in [0.5, 0.6) is 0 Å². The molecule has 6 heteroatoms. The summed E-state index contributed by atoms with van der Waals surface area (Å²) in [5.41, 5.74) is 0.887. The van der Waals surface area contributed by atoms with Crippen molar-refractivity contribution in [3.63, 3.8) is 0 Å². The predicted octanol–water partition coefficient (Wildman–Crippen LogP) is 5.46. The summed E-state index contributed by atoms with van der Waals surface area (Å²) >= 11 is 2.20. The van der Waals surface area contributed by atoms with Crippen LogP contribution in [0, 0.1) is 3.57 Å². The number of ether oxygens (including phenoxy) is 1. The molecule has 156 valence electrons. The highest BCUT2D eigenvalue weighted by molar-refractivity contribution is 14.1. The summed E-state index contributed by atoms with van der Waals surface area (Å²) in [6, 6.07) is 17.2. The van der Waals surface area contributed by atoms with Gasteiger partial charge in [0.2, 0.25) is 0 Å². The van der Waals surface area contributed by atoms with Crippen molar-refractivity contribution in [3.8, 4) is 0 Å². The zero-order chi connectivity index (χ0) is 21.3. The summed E-state index contributed by atoms with van der Waals surface area (Å²) in [5.74, 6) is -0.805. The lowest BCUT2D eigenvalue weighted by molar-refractivity contribution is -0.143. The van der Waals surface area contributed by atoms with Gasteiger partial charge in [0.25, 0.3) is 0 Å². The number of aliphatic carboxylic acids is 1. The molecule has 1 amide bonds. The van der Waals surface area contributed by atoms with Crippen molar-refractivity contribution in [2.45, 2.75) is 44.6 Å². The van der Waals surface area contributed by atoms with Gasteiger partial charge < -0.3 is 14.7 Å². The molecule has 0 radical (unpaired) electrons. The van der Waals surface area contributed by atoms with Crippen LogP contribution in [0.3, 0.4) is 0 Å². The van der Waals surface area contributed by atoms with Crippen LogP contribution in [0.4, 0.5) is 4.79 Å². The van der Waals surface area contributed by atoms with Gasteiger partial charge in [-0.15, -0.1) is 0 Å². The Kier molecular flexibility index (Phi) is 8.95. The van der Waals surface area contributed by atoms with Gasteiger partial charge in [0.1, 0.15) is 6.61 Å². The molecule has 0 spiro atoms. The van der Waals surface area contributed by atoms with Crippen LogP contribution in [-0.2, 0) is 21.6 Å². The van der Waals surface area contributed by atoms with E-state index < -0.39 is 11.4 Å². The van der Waals surface area contributed by atoms with E-state index in [4.69, 9.17) is 4.74 Å². The third kappa shape index (κ3) is 7.03. The highest BCUT2D eigenvalue weighted by Gasteiger charge is 2.34. The molecule has 0 saturated carbocycles. The van der Waals surface area contributed by atoms with E-state index in [-0.39, 0.29) is 12.7 Å². The summed E-state index contributed by atoms with van der Waals surface area (Å²) in [7, 11) is 1.72. The van der Waals surface area contributed by atoms with E-state index in [1.165, 1.54) is 0 Å². The fourth-order valence-electron chi connectivity index (χ4n) is 3.13. The molecule has 1 unspecified atom stereocenters. The Hall–Kier alpha value is -2.09. The first-order valence-electron chi connectivity index (χ1n) is 9.74. The number of amides is 1. The average molecular weight is 509 g/mol. The second-order valence-electron chi connectivity index (χ2n) is 7.42. The van der Waals surface area contributed by atoms with Crippen molar-refractivity contribution in [2.75, 3.05) is 13.6 Å². The number of hydrogen-bond acceptors (Lipinski definition) is 3. The molecule has 2 aromatic rings. The molecular formula is C23H28INO4. The molecule has 2 rings (SSSR count). The molecule has 1 atom stereocenters. The number of rotatable bonds is 10. The van der Waals surface area contributed by atoms with Gasteiger partial charge in [0, 0.05) is 17.2 Å². The number of carboxylic acid groups (broad SMARTS) is 1. The largest absolute Gasteiger partial charge is 0.481 e. The summed E-state index contributed by atoms with van der Waals surface area (Å²) in [6.45, 7) is 2.63. The second-order valence-corrected chi connectivity index (χ2v) is 8.67. The van der Waals surface area contributed by atoms with E-state index in [1.807, 2.05) is 54.6 Å². The lowest BCUT2D eigenvalue weighted by Gasteiger charge is -2.26. The summed E-state index contributed by atoms with van der Waals surface area (Å²) in [5, 5.41) is 9.78. The van der Waals surface area contributed by atoms with Gasteiger partial charge in [0.15, 0.2) is 0 Å². The Labute approximate surface area is 186 Å². The Morgan fingerprint density at radius 1 is 1.07 bits per heavy atom. The molecule has 1 N–H and O–H groups in total. The van der Waals surface area contributed by atoms with Crippen LogP contribution >= 0.6 is 22.6 Å². The number of unbranched alkanes of at least 4 members (excludes halogenated alkanes) is 2. The topological polar surface area (TPSA) is 66.8 Å². The van der Waals surface area contributed by atoms with Crippen molar-refractivity contribution in [1.82, 2.24) is 4.90 Å². The van der Waals surface area contributed by atoms with Crippen molar-refractivity contribution >= 4 is 34.7 Å². The van der Waals surface area contributed by atoms with E-state index >= 15 is 0 Å². The molecule has 0 bridgehead atoms. The Morgan fingerprint density at radius 2 is 1.79 bits per heavy atom. The molecule has 0 fully saturated rings. The Morgan fingerprint density at radius 3 is 2.45 bits per heavy atom. The van der Waals surface area contributed by atoms with Gasteiger partial charge in [-0.2, -0.15) is 0 Å². The maximum atomic E-state index is 12.1. The second kappa shape index (κ2) is 11.2. The Balaban J connectivity index is 1.74. The molecule has 5 nitrogen and oxygen atoms in total. The average Bonchev–Trinajstić information content (AvgIpc) is 2.72. The molecule has 0 aliphatic rings. The van der Waals surface area contributed by atoms with Crippen LogP contribution in [0.2, 0.25) is 0 Å². The minimum atomic E-state index is -0.901. The molecule has 0 heterocycles. The highest BCUT2D eigenvalue weighted by Crippen LogP contribution is 2.31. The number of carbonyl (C=O) groups excluding carboxylic acids is 1. The lowest BCUT2D eigenvalue weighted by Crippen LogP contribution is -2.32. The predicted molar refractivity (Wildman–Crippen MR) is 122 cm³/mol. The van der Waals surface area contributed by atoms with E-state index in [9.17, 15) is 14.7 Å².